The molecule has 3 aromatic carbocycles. The molecule has 0 aromatic heterocycles. The van der Waals surface area contributed by atoms with Crippen LogP contribution in [0.2, 0.25) is 0 Å². The summed E-state index contributed by atoms with van der Waals surface area (Å²) in [6.45, 7) is 0.488. The molecule has 3 nitrogen and oxygen atoms in total. The molecule has 1 amide bonds. The fraction of sp³-hybridized carbons (Fsp3) is 0.136. The fourth-order valence-electron chi connectivity index (χ4n) is 2.56. The van der Waals surface area contributed by atoms with Crippen molar-refractivity contribution in [2.24, 2.45) is 0 Å². The molecule has 3 aromatic rings. The monoisotopic (exact) mass is 363 g/mol. The Morgan fingerprint density at radius 2 is 1.54 bits per heavy atom. The Labute approximate surface area is 158 Å². The predicted octanol–water partition coefficient (Wildman–Crippen LogP) is 4.85. The first-order valence-corrected chi connectivity index (χ1v) is 9.31. The Balaban J connectivity index is 1.71. The lowest BCUT2D eigenvalue weighted by Gasteiger charge is -2.17. The molecule has 0 fully saturated rings. The summed E-state index contributed by atoms with van der Waals surface area (Å²) in [6.07, 6.45) is 0. The van der Waals surface area contributed by atoms with Gasteiger partial charge in [-0.1, -0.05) is 60.7 Å². The predicted molar refractivity (Wildman–Crippen MR) is 106 cm³/mol. The zero-order valence-electron chi connectivity index (χ0n) is 14.6. The van der Waals surface area contributed by atoms with E-state index in [0.29, 0.717) is 6.54 Å². The smallest absolute Gasteiger partial charge is 0.238 e. The number of hydrogen-bond donors (Lipinski definition) is 1. The molecular formula is C22H21NO2S. The van der Waals surface area contributed by atoms with E-state index in [9.17, 15) is 4.79 Å². The highest BCUT2D eigenvalue weighted by atomic mass is 32.2. The fourth-order valence-corrected chi connectivity index (χ4v) is 3.63. The molecule has 3 rings (SSSR count). The molecule has 0 bridgehead atoms. The van der Waals surface area contributed by atoms with E-state index < -0.39 is 0 Å². The largest absolute Gasteiger partial charge is 0.497 e. The molecule has 132 valence electrons. The van der Waals surface area contributed by atoms with E-state index in [4.69, 9.17) is 4.74 Å². The van der Waals surface area contributed by atoms with Gasteiger partial charge in [-0.3, -0.25) is 4.79 Å². The number of thioether (sulfide) groups is 1. The second kappa shape index (κ2) is 9.11. The number of benzene rings is 3. The van der Waals surface area contributed by atoms with Crippen LogP contribution in [0.1, 0.15) is 16.4 Å². The zero-order chi connectivity index (χ0) is 18.2. The van der Waals surface area contributed by atoms with Gasteiger partial charge < -0.3 is 10.1 Å². The number of rotatable bonds is 7. The molecular weight excluding hydrogens is 342 g/mol. The van der Waals surface area contributed by atoms with Crippen LogP contribution in [-0.4, -0.2) is 13.0 Å². The zero-order valence-corrected chi connectivity index (χ0v) is 15.4. The van der Waals surface area contributed by atoms with Gasteiger partial charge in [-0.15, -0.1) is 11.8 Å². The van der Waals surface area contributed by atoms with E-state index in [-0.39, 0.29) is 11.2 Å². The Morgan fingerprint density at radius 1 is 0.923 bits per heavy atom. The molecule has 0 unspecified atom stereocenters. The van der Waals surface area contributed by atoms with Crippen LogP contribution in [0.3, 0.4) is 0 Å². The van der Waals surface area contributed by atoms with Crippen molar-refractivity contribution in [3.63, 3.8) is 0 Å². The van der Waals surface area contributed by atoms with E-state index >= 15 is 0 Å². The van der Waals surface area contributed by atoms with Gasteiger partial charge in [0.05, 0.1) is 7.11 Å². The first-order valence-electron chi connectivity index (χ1n) is 8.43. The molecule has 0 saturated heterocycles. The number of carbonyl (C=O) groups excluding carboxylic acids is 1. The minimum atomic E-state index is -0.295. The Morgan fingerprint density at radius 3 is 2.15 bits per heavy atom. The molecule has 0 aliphatic heterocycles. The maximum absolute atomic E-state index is 12.9. The maximum atomic E-state index is 12.9. The number of methoxy groups -OCH3 is 1. The van der Waals surface area contributed by atoms with Crippen molar-refractivity contribution in [3.05, 3.63) is 96.1 Å². The van der Waals surface area contributed by atoms with Crippen LogP contribution in [-0.2, 0) is 11.3 Å². The third kappa shape index (κ3) is 4.90. The van der Waals surface area contributed by atoms with Crippen LogP contribution < -0.4 is 10.1 Å². The lowest BCUT2D eigenvalue weighted by Crippen LogP contribution is -2.27. The van der Waals surface area contributed by atoms with E-state index in [1.54, 1.807) is 18.9 Å². The molecule has 1 atom stereocenters. The minimum Gasteiger partial charge on any atom is -0.497 e. The lowest BCUT2D eigenvalue weighted by atomic mass is 10.1. The summed E-state index contributed by atoms with van der Waals surface area (Å²) in [5, 5.41) is 2.76. The van der Waals surface area contributed by atoms with Gasteiger partial charge in [-0.25, -0.2) is 0 Å². The van der Waals surface area contributed by atoms with Crippen LogP contribution in [0.4, 0.5) is 0 Å². The number of hydrogen-bond acceptors (Lipinski definition) is 3. The summed E-state index contributed by atoms with van der Waals surface area (Å²) >= 11 is 1.56. The Bertz CT molecular complexity index is 820. The number of amides is 1. The van der Waals surface area contributed by atoms with Crippen molar-refractivity contribution < 1.29 is 9.53 Å². The average molecular weight is 363 g/mol. The molecule has 4 heteroatoms. The molecule has 0 spiro atoms. The normalized spacial score (nSPS) is 11.6. The second-order valence-electron chi connectivity index (χ2n) is 5.79. The summed E-state index contributed by atoms with van der Waals surface area (Å²) in [5.74, 6) is 0.808. The SMILES string of the molecule is COc1ccc(CNC(=O)[C@H](Sc2ccccc2)c2ccccc2)cc1. The minimum absolute atomic E-state index is 0.000807. The van der Waals surface area contributed by atoms with Gasteiger partial charge in [0.25, 0.3) is 0 Å². The summed E-state index contributed by atoms with van der Waals surface area (Å²) in [7, 11) is 1.64. The van der Waals surface area contributed by atoms with Gasteiger partial charge in [0.1, 0.15) is 11.0 Å². The number of ether oxygens (including phenoxy) is 1. The first kappa shape index (κ1) is 18.1. The highest BCUT2D eigenvalue weighted by Gasteiger charge is 2.21. The third-order valence-corrected chi connectivity index (χ3v) is 5.23. The van der Waals surface area contributed by atoms with Gasteiger partial charge in [0.2, 0.25) is 5.91 Å². The summed E-state index contributed by atoms with van der Waals surface area (Å²) in [4.78, 5) is 14.0. The van der Waals surface area contributed by atoms with E-state index in [1.807, 2.05) is 84.9 Å². The Kier molecular flexibility index (Phi) is 6.34. The topological polar surface area (TPSA) is 38.3 Å². The molecule has 0 aliphatic carbocycles. The first-order chi connectivity index (χ1) is 12.8. The van der Waals surface area contributed by atoms with Crippen molar-refractivity contribution in [1.29, 1.82) is 0 Å². The third-order valence-electron chi connectivity index (χ3n) is 3.96. The van der Waals surface area contributed by atoms with Crippen LogP contribution in [0.25, 0.3) is 0 Å². The van der Waals surface area contributed by atoms with Crippen LogP contribution in [0, 0.1) is 0 Å². The van der Waals surface area contributed by atoms with Crippen molar-refractivity contribution >= 4 is 17.7 Å². The van der Waals surface area contributed by atoms with Crippen molar-refractivity contribution in [1.82, 2.24) is 5.32 Å². The van der Waals surface area contributed by atoms with E-state index in [0.717, 1.165) is 21.8 Å². The van der Waals surface area contributed by atoms with Gasteiger partial charge in [0, 0.05) is 11.4 Å². The van der Waals surface area contributed by atoms with Crippen LogP contribution >= 0.6 is 11.8 Å². The van der Waals surface area contributed by atoms with Gasteiger partial charge in [0.15, 0.2) is 0 Å². The standard InChI is InChI=1S/C22H21NO2S/c1-25-19-14-12-17(13-15-19)16-23-22(24)21(18-8-4-2-5-9-18)26-20-10-6-3-7-11-20/h2-15,21H,16H2,1H3,(H,23,24)/t21-/m1/s1. The van der Waals surface area contributed by atoms with E-state index in [2.05, 4.69) is 5.32 Å². The lowest BCUT2D eigenvalue weighted by molar-refractivity contribution is -0.120. The average Bonchev–Trinajstić information content (AvgIpc) is 2.72. The van der Waals surface area contributed by atoms with Gasteiger partial charge in [-0.2, -0.15) is 0 Å². The highest BCUT2D eigenvalue weighted by Crippen LogP contribution is 2.35. The molecule has 0 saturated carbocycles. The van der Waals surface area contributed by atoms with Crippen molar-refractivity contribution in [3.8, 4) is 5.75 Å². The Hall–Kier alpha value is -2.72. The quantitative estimate of drug-likeness (QED) is 0.610. The molecule has 26 heavy (non-hydrogen) atoms. The molecule has 0 heterocycles. The van der Waals surface area contributed by atoms with Gasteiger partial charge >= 0.3 is 0 Å². The van der Waals surface area contributed by atoms with Crippen LogP contribution in [0.5, 0.6) is 5.75 Å². The second-order valence-corrected chi connectivity index (χ2v) is 6.97. The summed E-state index contributed by atoms with van der Waals surface area (Å²) < 4.78 is 5.17. The van der Waals surface area contributed by atoms with Crippen LogP contribution in [0.15, 0.2) is 89.8 Å². The summed E-state index contributed by atoms with van der Waals surface area (Å²) in [6, 6.07) is 27.6. The summed E-state index contributed by atoms with van der Waals surface area (Å²) in [5.41, 5.74) is 2.03. The van der Waals surface area contributed by atoms with Crippen molar-refractivity contribution in [2.75, 3.05) is 7.11 Å². The molecule has 0 aliphatic rings. The number of nitrogens with one attached hydrogen (secondary N) is 1. The maximum Gasteiger partial charge on any atom is 0.238 e. The van der Waals surface area contributed by atoms with E-state index in [1.165, 1.54) is 0 Å². The molecule has 1 N–H and O–H groups in total. The van der Waals surface area contributed by atoms with Gasteiger partial charge in [-0.05, 0) is 35.4 Å². The van der Waals surface area contributed by atoms with Crippen molar-refractivity contribution in [2.45, 2.75) is 16.7 Å². The highest BCUT2D eigenvalue weighted by molar-refractivity contribution is 8.00. The molecule has 0 radical (unpaired) electrons. The number of carbonyl (C=O) groups is 1.